The maximum absolute atomic E-state index is 12.0. The molecule has 0 spiro atoms. The van der Waals surface area contributed by atoms with E-state index in [-0.39, 0.29) is 5.91 Å². The standard InChI is InChI=1S/C20H20N2O3/c1-24-17-9-7-15(8-10-17)13-21-19(23)11-12-20-22-14-18(25-20)16-5-3-2-4-6-16/h2-10,14H,11-13H2,1H3,(H,21,23). The van der Waals surface area contributed by atoms with Crippen LogP contribution in [0.3, 0.4) is 0 Å². The van der Waals surface area contributed by atoms with Gasteiger partial charge < -0.3 is 14.5 Å². The van der Waals surface area contributed by atoms with Crippen LogP contribution in [0.2, 0.25) is 0 Å². The fourth-order valence-corrected chi connectivity index (χ4v) is 2.41. The van der Waals surface area contributed by atoms with Crippen molar-refractivity contribution in [2.24, 2.45) is 0 Å². The Hall–Kier alpha value is -3.08. The van der Waals surface area contributed by atoms with Crippen LogP contribution < -0.4 is 10.1 Å². The zero-order valence-electron chi connectivity index (χ0n) is 14.1. The van der Waals surface area contributed by atoms with E-state index in [1.165, 1.54) is 0 Å². The molecule has 0 aliphatic carbocycles. The molecule has 1 aromatic heterocycles. The van der Waals surface area contributed by atoms with Crippen molar-refractivity contribution >= 4 is 5.91 Å². The summed E-state index contributed by atoms with van der Waals surface area (Å²) in [6.45, 7) is 0.490. The Morgan fingerprint density at radius 3 is 2.60 bits per heavy atom. The van der Waals surface area contributed by atoms with Crippen LogP contribution in [0.4, 0.5) is 0 Å². The van der Waals surface area contributed by atoms with E-state index in [1.54, 1.807) is 13.3 Å². The highest BCUT2D eigenvalue weighted by Gasteiger charge is 2.09. The van der Waals surface area contributed by atoms with Crippen molar-refractivity contribution in [2.75, 3.05) is 7.11 Å². The van der Waals surface area contributed by atoms with Crippen LogP contribution in [0, 0.1) is 0 Å². The first-order valence-corrected chi connectivity index (χ1v) is 8.14. The maximum atomic E-state index is 12.0. The number of amides is 1. The summed E-state index contributed by atoms with van der Waals surface area (Å²) < 4.78 is 10.8. The van der Waals surface area contributed by atoms with Crippen LogP contribution in [0.15, 0.2) is 65.2 Å². The van der Waals surface area contributed by atoms with Gasteiger partial charge in [0.25, 0.3) is 0 Å². The number of aromatic nitrogens is 1. The van der Waals surface area contributed by atoms with Crippen LogP contribution in [-0.2, 0) is 17.8 Å². The summed E-state index contributed by atoms with van der Waals surface area (Å²) in [6.07, 6.45) is 2.51. The van der Waals surface area contributed by atoms with Crippen LogP contribution in [-0.4, -0.2) is 18.0 Å². The first-order chi connectivity index (χ1) is 12.2. The van der Waals surface area contributed by atoms with Gasteiger partial charge >= 0.3 is 0 Å². The van der Waals surface area contributed by atoms with E-state index in [9.17, 15) is 4.79 Å². The Labute approximate surface area is 146 Å². The van der Waals surface area contributed by atoms with Crippen LogP contribution >= 0.6 is 0 Å². The molecule has 0 radical (unpaired) electrons. The van der Waals surface area contributed by atoms with Crippen molar-refractivity contribution < 1.29 is 13.9 Å². The van der Waals surface area contributed by atoms with Gasteiger partial charge in [0.1, 0.15) is 5.75 Å². The molecule has 0 aliphatic rings. The molecule has 1 heterocycles. The molecule has 0 bridgehead atoms. The number of carbonyl (C=O) groups is 1. The zero-order chi connectivity index (χ0) is 17.5. The highest BCUT2D eigenvalue weighted by molar-refractivity contribution is 5.76. The second kappa shape index (κ2) is 8.15. The normalized spacial score (nSPS) is 10.4. The zero-order valence-corrected chi connectivity index (χ0v) is 14.1. The van der Waals surface area contributed by atoms with Crippen molar-refractivity contribution in [2.45, 2.75) is 19.4 Å². The molecule has 25 heavy (non-hydrogen) atoms. The third-order valence-corrected chi connectivity index (χ3v) is 3.83. The summed E-state index contributed by atoms with van der Waals surface area (Å²) in [4.78, 5) is 16.2. The lowest BCUT2D eigenvalue weighted by atomic mass is 10.2. The molecule has 0 saturated heterocycles. The van der Waals surface area contributed by atoms with Gasteiger partial charge in [0.05, 0.1) is 13.3 Å². The smallest absolute Gasteiger partial charge is 0.220 e. The van der Waals surface area contributed by atoms with Crippen molar-refractivity contribution in [1.29, 1.82) is 0 Å². The van der Waals surface area contributed by atoms with Crippen molar-refractivity contribution in [3.05, 3.63) is 72.2 Å². The second-order valence-corrected chi connectivity index (χ2v) is 5.61. The predicted octanol–water partition coefficient (Wildman–Crippen LogP) is 3.60. The van der Waals surface area contributed by atoms with Crippen molar-refractivity contribution in [3.63, 3.8) is 0 Å². The first kappa shape index (κ1) is 16.8. The number of carbonyl (C=O) groups excluding carboxylic acids is 1. The van der Waals surface area contributed by atoms with E-state index >= 15 is 0 Å². The van der Waals surface area contributed by atoms with Crippen LogP contribution in [0.1, 0.15) is 17.9 Å². The lowest BCUT2D eigenvalue weighted by Crippen LogP contribution is -2.23. The van der Waals surface area contributed by atoms with Gasteiger partial charge in [-0.25, -0.2) is 4.98 Å². The molecule has 5 heteroatoms. The van der Waals surface area contributed by atoms with Crippen molar-refractivity contribution in [1.82, 2.24) is 10.3 Å². The third-order valence-electron chi connectivity index (χ3n) is 3.83. The quantitative estimate of drug-likeness (QED) is 0.716. The summed E-state index contributed by atoms with van der Waals surface area (Å²) >= 11 is 0. The molecule has 0 aliphatic heterocycles. The number of nitrogens with zero attached hydrogens (tertiary/aromatic N) is 1. The minimum Gasteiger partial charge on any atom is -0.497 e. The number of benzene rings is 2. The number of nitrogens with one attached hydrogen (secondary N) is 1. The van der Waals surface area contributed by atoms with Gasteiger partial charge in [0.2, 0.25) is 5.91 Å². The summed E-state index contributed by atoms with van der Waals surface area (Å²) in [5.41, 5.74) is 2.00. The van der Waals surface area contributed by atoms with E-state index in [1.807, 2.05) is 54.6 Å². The summed E-state index contributed by atoms with van der Waals surface area (Å²) in [5.74, 6) is 2.05. The Balaban J connectivity index is 1.46. The fraction of sp³-hybridized carbons (Fsp3) is 0.200. The van der Waals surface area contributed by atoms with Gasteiger partial charge in [-0.1, -0.05) is 42.5 Å². The van der Waals surface area contributed by atoms with E-state index in [0.717, 1.165) is 16.9 Å². The number of rotatable bonds is 7. The molecule has 0 fully saturated rings. The number of hydrogen-bond donors (Lipinski definition) is 1. The Bertz CT molecular complexity index is 810. The molecule has 128 valence electrons. The van der Waals surface area contributed by atoms with E-state index < -0.39 is 0 Å². The van der Waals surface area contributed by atoms with Gasteiger partial charge in [-0.2, -0.15) is 0 Å². The minimum atomic E-state index is -0.0321. The Morgan fingerprint density at radius 1 is 1.12 bits per heavy atom. The average molecular weight is 336 g/mol. The molecule has 0 atom stereocenters. The number of methoxy groups -OCH3 is 1. The van der Waals surface area contributed by atoms with Gasteiger partial charge in [0, 0.05) is 24.9 Å². The molecule has 1 N–H and O–H groups in total. The third kappa shape index (κ3) is 4.70. The molecule has 3 rings (SSSR count). The highest BCUT2D eigenvalue weighted by atomic mass is 16.5. The summed E-state index contributed by atoms with van der Waals surface area (Å²) in [7, 11) is 1.63. The molecule has 5 nitrogen and oxygen atoms in total. The van der Waals surface area contributed by atoms with Crippen molar-refractivity contribution in [3.8, 4) is 17.1 Å². The highest BCUT2D eigenvalue weighted by Crippen LogP contribution is 2.20. The monoisotopic (exact) mass is 336 g/mol. The SMILES string of the molecule is COc1ccc(CNC(=O)CCc2ncc(-c3ccccc3)o2)cc1. The number of aryl methyl sites for hydroxylation is 1. The average Bonchev–Trinajstić information content (AvgIpc) is 3.15. The van der Waals surface area contributed by atoms with Gasteiger partial charge in [-0.05, 0) is 17.7 Å². The Kier molecular flexibility index (Phi) is 5.46. The van der Waals surface area contributed by atoms with Gasteiger partial charge in [0.15, 0.2) is 11.7 Å². The summed E-state index contributed by atoms with van der Waals surface area (Å²) in [5, 5.41) is 2.90. The lowest BCUT2D eigenvalue weighted by molar-refractivity contribution is -0.121. The fourth-order valence-electron chi connectivity index (χ4n) is 2.41. The van der Waals surface area contributed by atoms with E-state index in [2.05, 4.69) is 10.3 Å². The van der Waals surface area contributed by atoms with E-state index in [4.69, 9.17) is 9.15 Å². The van der Waals surface area contributed by atoms with Crippen LogP contribution in [0.25, 0.3) is 11.3 Å². The largest absolute Gasteiger partial charge is 0.497 e. The predicted molar refractivity (Wildman–Crippen MR) is 95.1 cm³/mol. The molecule has 2 aromatic carbocycles. The molecule has 3 aromatic rings. The van der Waals surface area contributed by atoms with E-state index in [0.29, 0.717) is 31.0 Å². The molecule has 1 amide bonds. The number of ether oxygens (including phenoxy) is 1. The molecular formula is C20H20N2O3. The van der Waals surface area contributed by atoms with Crippen LogP contribution in [0.5, 0.6) is 5.75 Å². The van der Waals surface area contributed by atoms with Gasteiger partial charge in [-0.3, -0.25) is 4.79 Å². The minimum absolute atomic E-state index is 0.0321. The Morgan fingerprint density at radius 2 is 1.88 bits per heavy atom. The summed E-state index contributed by atoms with van der Waals surface area (Å²) in [6, 6.07) is 17.4. The molecule has 0 saturated carbocycles. The lowest BCUT2D eigenvalue weighted by Gasteiger charge is -2.05. The molecule has 0 unspecified atom stereocenters. The number of hydrogen-bond acceptors (Lipinski definition) is 4. The topological polar surface area (TPSA) is 64.4 Å². The number of oxazole rings is 1. The second-order valence-electron chi connectivity index (χ2n) is 5.61. The molecular weight excluding hydrogens is 316 g/mol. The van der Waals surface area contributed by atoms with Gasteiger partial charge in [-0.15, -0.1) is 0 Å². The maximum Gasteiger partial charge on any atom is 0.220 e. The first-order valence-electron chi connectivity index (χ1n) is 8.14.